The zero-order valence-electron chi connectivity index (χ0n) is 34.3. The summed E-state index contributed by atoms with van der Waals surface area (Å²) in [5, 5.41) is 24.8. The van der Waals surface area contributed by atoms with Crippen molar-refractivity contribution in [3.63, 3.8) is 0 Å². The van der Waals surface area contributed by atoms with E-state index < -0.39 is 71.7 Å². The third kappa shape index (κ3) is 11.9. The molecule has 0 saturated carbocycles. The highest BCUT2D eigenvalue weighted by Crippen LogP contribution is 2.22. The number of carbonyl (C=O) groups excluding carboxylic acids is 6. The molecule has 2 fully saturated rings. The summed E-state index contributed by atoms with van der Waals surface area (Å²) in [6.07, 6.45) is 2.32. The number of benzene rings is 4. The van der Waals surface area contributed by atoms with Crippen molar-refractivity contribution >= 4 is 35.4 Å². The lowest BCUT2D eigenvalue weighted by Gasteiger charge is -2.29. The molecule has 326 valence electrons. The number of likely N-dealkylation sites (tertiary alicyclic amines) is 2. The van der Waals surface area contributed by atoms with Gasteiger partial charge in [0.05, 0.1) is 12.1 Å². The number of carbonyl (C=O) groups is 6. The van der Waals surface area contributed by atoms with Crippen LogP contribution in [0, 0.1) is 0 Å². The molecular weight excluding hydrogens is 793 g/mol. The van der Waals surface area contributed by atoms with Crippen LogP contribution in [0.4, 0.5) is 0 Å². The van der Waals surface area contributed by atoms with E-state index in [0.29, 0.717) is 38.8 Å². The van der Waals surface area contributed by atoms with E-state index in [1.165, 1.54) is 34.1 Å². The topological polar surface area (TPSA) is 250 Å². The molecule has 2 heterocycles. The normalized spacial score (nSPS) is 17.9. The first kappa shape index (κ1) is 44.8. The minimum atomic E-state index is -1.18. The Morgan fingerprint density at radius 3 is 1.21 bits per heavy atom. The SMILES string of the molecule is N[C@@H](Cc1ccc(O)cc1)C(=O)N1CCC[C@H]1C(=O)N[C@@H](Cc1ccccc1)C(=O)NNC(=O)[C@H](Cc1ccccc1)NC(=O)[C@@H]1CCCN1C(=O)[C@@H](N)Cc1ccc(O)cc1. The van der Waals surface area contributed by atoms with E-state index in [1.54, 1.807) is 72.8 Å². The molecule has 0 bridgehead atoms. The molecule has 2 aliphatic rings. The third-order valence-corrected chi connectivity index (χ3v) is 11.2. The van der Waals surface area contributed by atoms with E-state index in [1.807, 2.05) is 12.1 Å². The standard InChI is InChI=1S/C46H54N8O8/c47-35(25-31-15-19-33(55)20-16-31)45(61)53-23-7-13-39(53)43(59)49-37(27-29-9-3-1-4-10-29)41(57)51-52-42(58)38(28-30-11-5-2-6-12-30)50-44(60)40-14-8-24-54(40)46(62)36(48)26-32-17-21-34(56)22-18-32/h1-6,9-12,15-22,35-40,55-56H,7-8,13-14,23-28,47-48H2,(H,49,59)(H,50,60)(H,51,57)(H,52,58)/t35-,36-,37-,38-,39-,40-/m0/s1. The summed E-state index contributed by atoms with van der Waals surface area (Å²) >= 11 is 0. The Bertz CT molecular complexity index is 2020. The predicted octanol–water partition coefficient (Wildman–Crippen LogP) is 1.12. The van der Waals surface area contributed by atoms with Crippen LogP contribution in [0.3, 0.4) is 0 Å². The first-order chi connectivity index (χ1) is 29.9. The van der Waals surface area contributed by atoms with Gasteiger partial charge in [0.1, 0.15) is 35.7 Å². The molecule has 2 saturated heterocycles. The average molecular weight is 847 g/mol. The minimum absolute atomic E-state index is 0.0555. The van der Waals surface area contributed by atoms with Crippen LogP contribution in [0.1, 0.15) is 47.9 Å². The van der Waals surface area contributed by atoms with Crippen LogP contribution in [0.15, 0.2) is 109 Å². The van der Waals surface area contributed by atoms with Gasteiger partial charge in [-0.25, -0.2) is 0 Å². The number of rotatable bonds is 16. The van der Waals surface area contributed by atoms with Crippen LogP contribution in [0.25, 0.3) is 0 Å². The van der Waals surface area contributed by atoms with Crippen molar-refractivity contribution in [1.82, 2.24) is 31.3 Å². The molecule has 4 aromatic carbocycles. The molecule has 62 heavy (non-hydrogen) atoms. The summed E-state index contributed by atoms with van der Waals surface area (Å²) < 4.78 is 0. The van der Waals surface area contributed by atoms with Crippen molar-refractivity contribution in [2.45, 2.75) is 87.6 Å². The molecule has 0 spiro atoms. The summed E-state index contributed by atoms with van der Waals surface area (Å²) in [4.78, 5) is 85.4. The second-order valence-electron chi connectivity index (χ2n) is 15.8. The number of phenolic OH excluding ortho intramolecular Hbond substituents is 2. The molecule has 4 aromatic rings. The van der Waals surface area contributed by atoms with Crippen molar-refractivity contribution in [2.24, 2.45) is 11.5 Å². The summed E-state index contributed by atoms with van der Waals surface area (Å²) in [5.74, 6) is -3.25. The lowest BCUT2D eigenvalue weighted by Crippen LogP contribution is -2.60. The van der Waals surface area contributed by atoms with Crippen LogP contribution in [0.2, 0.25) is 0 Å². The molecule has 16 nitrogen and oxygen atoms in total. The Kier molecular flexibility index (Phi) is 15.3. The number of hydrogen-bond acceptors (Lipinski definition) is 10. The number of hydrogen-bond donors (Lipinski definition) is 8. The smallest absolute Gasteiger partial charge is 0.261 e. The van der Waals surface area contributed by atoms with E-state index in [9.17, 15) is 39.0 Å². The summed E-state index contributed by atoms with van der Waals surface area (Å²) in [7, 11) is 0. The zero-order chi connectivity index (χ0) is 44.2. The number of nitrogens with zero attached hydrogens (tertiary/aromatic N) is 2. The molecule has 6 amide bonds. The van der Waals surface area contributed by atoms with Crippen molar-refractivity contribution < 1.29 is 39.0 Å². The maximum atomic E-state index is 13.9. The van der Waals surface area contributed by atoms with E-state index in [2.05, 4.69) is 21.5 Å². The molecule has 6 rings (SSSR count). The van der Waals surface area contributed by atoms with Gasteiger partial charge in [-0.15, -0.1) is 0 Å². The van der Waals surface area contributed by atoms with Crippen molar-refractivity contribution in [2.75, 3.05) is 13.1 Å². The number of hydrazine groups is 1. The first-order valence-electron chi connectivity index (χ1n) is 20.8. The Hall–Kier alpha value is -6.78. The molecule has 0 aromatic heterocycles. The fourth-order valence-electron chi connectivity index (χ4n) is 7.93. The Labute approximate surface area is 360 Å². The Morgan fingerprint density at radius 2 is 0.855 bits per heavy atom. The fraction of sp³-hybridized carbons (Fsp3) is 0.348. The van der Waals surface area contributed by atoms with Gasteiger partial charge in [-0.05, 0) is 85.0 Å². The molecule has 0 aliphatic carbocycles. The first-order valence-corrected chi connectivity index (χ1v) is 20.8. The summed E-state index contributed by atoms with van der Waals surface area (Å²) in [6.45, 7) is 0.611. The van der Waals surface area contributed by atoms with Gasteiger partial charge in [0, 0.05) is 25.9 Å². The number of amides is 6. The number of aromatic hydroxyl groups is 2. The molecule has 6 atom stereocenters. The van der Waals surface area contributed by atoms with Crippen LogP contribution < -0.4 is 33.0 Å². The Balaban J connectivity index is 1.11. The highest BCUT2D eigenvalue weighted by atomic mass is 16.3. The highest BCUT2D eigenvalue weighted by Gasteiger charge is 2.39. The van der Waals surface area contributed by atoms with Crippen LogP contribution in [-0.4, -0.2) is 105 Å². The number of nitrogens with two attached hydrogens (primary N) is 2. The van der Waals surface area contributed by atoms with Gasteiger partial charge in [0.15, 0.2) is 0 Å². The summed E-state index contributed by atoms with van der Waals surface area (Å²) in [5.41, 5.74) is 20.4. The highest BCUT2D eigenvalue weighted by molar-refractivity contribution is 5.96. The van der Waals surface area contributed by atoms with Crippen LogP contribution >= 0.6 is 0 Å². The lowest BCUT2D eigenvalue weighted by molar-refractivity contribution is -0.141. The quantitative estimate of drug-likeness (QED) is 0.0747. The summed E-state index contributed by atoms with van der Waals surface area (Å²) in [6, 6.07) is 24.7. The minimum Gasteiger partial charge on any atom is -0.508 e. The van der Waals surface area contributed by atoms with Gasteiger partial charge >= 0.3 is 0 Å². The molecule has 2 aliphatic heterocycles. The maximum absolute atomic E-state index is 13.9. The van der Waals surface area contributed by atoms with Crippen LogP contribution in [0.5, 0.6) is 11.5 Å². The fourth-order valence-corrected chi connectivity index (χ4v) is 7.93. The molecule has 0 radical (unpaired) electrons. The predicted molar refractivity (Wildman–Crippen MR) is 229 cm³/mol. The lowest BCUT2D eigenvalue weighted by atomic mass is 10.0. The van der Waals surface area contributed by atoms with Gasteiger partial charge in [0.25, 0.3) is 11.8 Å². The van der Waals surface area contributed by atoms with Gasteiger partial charge in [-0.3, -0.25) is 39.6 Å². The number of phenols is 2. The average Bonchev–Trinajstić information content (AvgIpc) is 3.98. The van der Waals surface area contributed by atoms with Gasteiger partial charge in [-0.2, -0.15) is 0 Å². The molecular formula is C46H54N8O8. The van der Waals surface area contributed by atoms with E-state index >= 15 is 0 Å². The number of nitrogens with one attached hydrogen (secondary N) is 4. The molecule has 0 unspecified atom stereocenters. The second kappa shape index (κ2) is 21.1. The van der Waals surface area contributed by atoms with Gasteiger partial charge in [-0.1, -0.05) is 84.9 Å². The van der Waals surface area contributed by atoms with Crippen molar-refractivity contribution in [1.29, 1.82) is 0 Å². The van der Waals surface area contributed by atoms with Crippen LogP contribution in [-0.2, 0) is 54.5 Å². The largest absolute Gasteiger partial charge is 0.508 e. The van der Waals surface area contributed by atoms with E-state index in [4.69, 9.17) is 11.5 Å². The monoisotopic (exact) mass is 846 g/mol. The van der Waals surface area contributed by atoms with Crippen molar-refractivity contribution in [3.05, 3.63) is 131 Å². The zero-order valence-corrected chi connectivity index (χ0v) is 34.3. The Morgan fingerprint density at radius 1 is 0.516 bits per heavy atom. The maximum Gasteiger partial charge on any atom is 0.261 e. The molecule has 10 N–H and O–H groups in total. The van der Waals surface area contributed by atoms with Gasteiger partial charge < -0.3 is 42.1 Å². The molecule has 16 heteroatoms. The third-order valence-electron chi connectivity index (χ3n) is 11.2. The van der Waals surface area contributed by atoms with E-state index in [-0.39, 0.29) is 37.2 Å². The van der Waals surface area contributed by atoms with Gasteiger partial charge in [0.2, 0.25) is 23.6 Å². The van der Waals surface area contributed by atoms with E-state index in [0.717, 1.165) is 22.3 Å². The van der Waals surface area contributed by atoms with Crippen molar-refractivity contribution in [3.8, 4) is 11.5 Å². The second-order valence-corrected chi connectivity index (χ2v) is 15.8.